The highest BCUT2D eigenvalue weighted by atomic mass is 32.2. The highest BCUT2D eigenvalue weighted by Gasteiger charge is 2.17. The second-order valence-electron chi connectivity index (χ2n) is 4.91. The number of nitrogen functional groups attached to an aromatic ring is 1. The molecular weight excluding hydrogens is 256 g/mol. The molecule has 1 fully saturated rings. The van der Waals surface area contributed by atoms with Crippen LogP contribution >= 0.6 is 11.8 Å². The number of anilines is 1. The maximum Gasteiger partial charge on any atom is 0.119 e. The summed E-state index contributed by atoms with van der Waals surface area (Å²) in [4.78, 5) is 4.28. The fraction of sp³-hybridized carbons (Fsp3) is 0.429. The Labute approximate surface area is 117 Å². The highest BCUT2D eigenvalue weighted by Crippen LogP contribution is 2.30. The third kappa shape index (κ3) is 2.92. The molecule has 0 amide bonds. The van der Waals surface area contributed by atoms with Gasteiger partial charge in [0.15, 0.2) is 0 Å². The fourth-order valence-electron chi connectivity index (χ4n) is 2.49. The van der Waals surface area contributed by atoms with Gasteiger partial charge in [0.2, 0.25) is 0 Å². The van der Waals surface area contributed by atoms with Gasteiger partial charge in [0, 0.05) is 18.1 Å². The van der Waals surface area contributed by atoms with E-state index in [4.69, 9.17) is 5.73 Å². The number of nitrogens with two attached hydrogens (primary N) is 1. The molecule has 0 atom stereocenters. The lowest BCUT2D eigenvalue weighted by Crippen LogP contribution is -2.05. The SMILES string of the molecule is Nc1cccnc1SCc1ccn(C2CCCC2)n1. The Morgan fingerprint density at radius 1 is 1.32 bits per heavy atom. The van der Waals surface area contributed by atoms with Gasteiger partial charge in [-0.25, -0.2) is 4.98 Å². The molecule has 5 heteroatoms. The van der Waals surface area contributed by atoms with Crippen LogP contribution in [0.15, 0.2) is 35.6 Å². The van der Waals surface area contributed by atoms with Crippen LogP contribution in [0.5, 0.6) is 0 Å². The third-order valence-electron chi connectivity index (χ3n) is 3.52. The molecule has 100 valence electrons. The van der Waals surface area contributed by atoms with Gasteiger partial charge in [-0.1, -0.05) is 24.6 Å². The second kappa shape index (κ2) is 5.65. The van der Waals surface area contributed by atoms with E-state index in [0.29, 0.717) is 6.04 Å². The van der Waals surface area contributed by atoms with Crippen LogP contribution in [0.3, 0.4) is 0 Å². The quantitative estimate of drug-likeness (QED) is 0.869. The molecule has 0 aromatic carbocycles. The zero-order valence-corrected chi connectivity index (χ0v) is 11.6. The van der Waals surface area contributed by atoms with Crippen molar-refractivity contribution in [3.05, 3.63) is 36.3 Å². The molecule has 2 heterocycles. The van der Waals surface area contributed by atoms with Crippen molar-refractivity contribution < 1.29 is 0 Å². The molecule has 0 bridgehead atoms. The van der Waals surface area contributed by atoms with Crippen LogP contribution < -0.4 is 5.73 Å². The second-order valence-corrected chi connectivity index (χ2v) is 5.88. The first-order chi connectivity index (χ1) is 9.33. The topological polar surface area (TPSA) is 56.7 Å². The van der Waals surface area contributed by atoms with E-state index in [9.17, 15) is 0 Å². The lowest BCUT2D eigenvalue weighted by atomic mass is 10.3. The molecule has 4 nitrogen and oxygen atoms in total. The van der Waals surface area contributed by atoms with Gasteiger partial charge in [-0.2, -0.15) is 5.10 Å². The Kier molecular flexibility index (Phi) is 3.73. The van der Waals surface area contributed by atoms with Crippen LogP contribution in [0.2, 0.25) is 0 Å². The summed E-state index contributed by atoms with van der Waals surface area (Å²) in [6.07, 6.45) is 9.07. The molecule has 1 aliphatic carbocycles. The monoisotopic (exact) mass is 274 g/mol. The minimum absolute atomic E-state index is 0.610. The van der Waals surface area contributed by atoms with Crippen LogP contribution in [0, 0.1) is 0 Å². The van der Waals surface area contributed by atoms with Crippen molar-refractivity contribution in [2.75, 3.05) is 5.73 Å². The van der Waals surface area contributed by atoms with E-state index in [1.54, 1.807) is 18.0 Å². The molecule has 0 unspecified atom stereocenters. The van der Waals surface area contributed by atoms with Crippen molar-refractivity contribution >= 4 is 17.4 Å². The minimum atomic E-state index is 0.610. The number of aromatic nitrogens is 3. The molecule has 2 aromatic heterocycles. The Hall–Kier alpha value is -1.49. The van der Waals surface area contributed by atoms with Gasteiger partial charge in [-0.05, 0) is 31.0 Å². The van der Waals surface area contributed by atoms with E-state index in [0.717, 1.165) is 22.2 Å². The molecule has 0 radical (unpaired) electrons. The highest BCUT2D eigenvalue weighted by molar-refractivity contribution is 7.98. The fourth-order valence-corrected chi connectivity index (χ4v) is 3.30. The molecule has 2 aromatic rings. The van der Waals surface area contributed by atoms with Crippen LogP contribution in [0.4, 0.5) is 5.69 Å². The molecule has 0 spiro atoms. The first kappa shape index (κ1) is 12.5. The summed E-state index contributed by atoms with van der Waals surface area (Å²) < 4.78 is 2.13. The number of hydrogen-bond donors (Lipinski definition) is 1. The zero-order valence-electron chi connectivity index (χ0n) is 10.8. The minimum Gasteiger partial charge on any atom is -0.397 e. The lowest BCUT2D eigenvalue weighted by molar-refractivity contribution is 0.464. The van der Waals surface area contributed by atoms with Crippen LogP contribution in [0.25, 0.3) is 0 Å². The summed E-state index contributed by atoms with van der Waals surface area (Å²) in [6.45, 7) is 0. The van der Waals surface area contributed by atoms with Crippen molar-refractivity contribution in [2.24, 2.45) is 0 Å². The predicted molar refractivity (Wildman–Crippen MR) is 77.9 cm³/mol. The molecule has 0 saturated heterocycles. The summed E-state index contributed by atoms with van der Waals surface area (Å²) in [5, 5.41) is 5.55. The smallest absolute Gasteiger partial charge is 0.119 e. The van der Waals surface area contributed by atoms with Crippen molar-refractivity contribution in [3.63, 3.8) is 0 Å². The summed E-state index contributed by atoms with van der Waals surface area (Å²) in [5.41, 5.74) is 7.72. The number of nitrogens with zero attached hydrogens (tertiary/aromatic N) is 3. The Morgan fingerprint density at radius 2 is 2.16 bits per heavy atom. The zero-order chi connectivity index (χ0) is 13.1. The number of thioether (sulfide) groups is 1. The van der Waals surface area contributed by atoms with E-state index < -0.39 is 0 Å². The van der Waals surface area contributed by atoms with Gasteiger partial charge in [-0.15, -0.1) is 0 Å². The van der Waals surface area contributed by atoms with Gasteiger partial charge in [-0.3, -0.25) is 4.68 Å². The van der Waals surface area contributed by atoms with E-state index in [-0.39, 0.29) is 0 Å². The number of pyridine rings is 1. The van der Waals surface area contributed by atoms with E-state index in [2.05, 4.69) is 27.0 Å². The van der Waals surface area contributed by atoms with Crippen molar-refractivity contribution in [1.82, 2.24) is 14.8 Å². The van der Waals surface area contributed by atoms with Crippen LogP contribution in [-0.2, 0) is 5.75 Å². The Balaban J connectivity index is 1.63. The van der Waals surface area contributed by atoms with E-state index in [1.807, 2.05) is 12.1 Å². The van der Waals surface area contributed by atoms with E-state index >= 15 is 0 Å². The third-order valence-corrected chi connectivity index (χ3v) is 4.57. The Bertz CT molecular complexity index is 546. The average molecular weight is 274 g/mol. The normalized spacial score (nSPS) is 16.0. The maximum atomic E-state index is 5.88. The number of hydrogen-bond acceptors (Lipinski definition) is 4. The largest absolute Gasteiger partial charge is 0.397 e. The van der Waals surface area contributed by atoms with Crippen molar-refractivity contribution in [1.29, 1.82) is 0 Å². The van der Waals surface area contributed by atoms with Gasteiger partial charge >= 0.3 is 0 Å². The molecule has 19 heavy (non-hydrogen) atoms. The summed E-state index contributed by atoms with van der Waals surface area (Å²) in [5.74, 6) is 0.820. The molecule has 1 saturated carbocycles. The molecular formula is C14H18N4S. The van der Waals surface area contributed by atoms with Gasteiger partial charge < -0.3 is 5.73 Å². The lowest BCUT2D eigenvalue weighted by Gasteiger charge is -2.08. The molecule has 0 aliphatic heterocycles. The summed E-state index contributed by atoms with van der Waals surface area (Å²) in [7, 11) is 0. The van der Waals surface area contributed by atoms with Gasteiger partial charge in [0.05, 0.1) is 17.4 Å². The standard InChI is InChI=1S/C14H18N4S/c15-13-6-3-8-16-14(13)19-10-11-7-9-18(17-11)12-4-1-2-5-12/h3,6-9,12H,1-2,4-5,10,15H2. The van der Waals surface area contributed by atoms with Gasteiger partial charge in [0.1, 0.15) is 5.03 Å². The van der Waals surface area contributed by atoms with Crippen molar-refractivity contribution in [2.45, 2.75) is 42.5 Å². The van der Waals surface area contributed by atoms with Crippen LogP contribution in [-0.4, -0.2) is 14.8 Å². The maximum absolute atomic E-state index is 5.88. The average Bonchev–Trinajstić information content (AvgIpc) is 3.09. The summed E-state index contributed by atoms with van der Waals surface area (Å²) >= 11 is 1.64. The predicted octanol–water partition coefficient (Wildman–Crippen LogP) is 3.27. The van der Waals surface area contributed by atoms with Crippen molar-refractivity contribution in [3.8, 4) is 0 Å². The summed E-state index contributed by atoms with van der Waals surface area (Å²) in [6, 6.07) is 6.45. The molecule has 1 aliphatic rings. The number of rotatable bonds is 4. The van der Waals surface area contributed by atoms with Crippen LogP contribution in [0.1, 0.15) is 37.4 Å². The molecule has 2 N–H and O–H groups in total. The molecule has 3 rings (SSSR count). The van der Waals surface area contributed by atoms with E-state index in [1.165, 1.54) is 25.7 Å². The van der Waals surface area contributed by atoms with Gasteiger partial charge in [0.25, 0.3) is 0 Å². The Morgan fingerprint density at radius 3 is 2.95 bits per heavy atom. The first-order valence-electron chi connectivity index (χ1n) is 6.70. The first-order valence-corrected chi connectivity index (χ1v) is 7.69.